The highest BCUT2D eigenvalue weighted by molar-refractivity contribution is 6.37. The molecule has 1 atom stereocenters. The van der Waals surface area contributed by atoms with Crippen molar-refractivity contribution in [2.45, 2.75) is 26.3 Å². The van der Waals surface area contributed by atoms with E-state index >= 15 is 0 Å². The molecule has 112 valence electrons. The van der Waals surface area contributed by atoms with Crippen molar-refractivity contribution in [1.29, 1.82) is 0 Å². The van der Waals surface area contributed by atoms with Crippen LogP contribution in [0.2, 0.25) is 10.0 Å². The van der Waals surface area contributed by atoms with E-state index in [1.807, 2.05) is 6.92 Å². The number of hydrogen-bond donors (Lipinski definition) is 1. The van der Waals surface area contributed by atoms with Crippen molar-refractivity contribution in [1.82, 2.24) is 9.88 Å². The molecule has 2 rings (SSSR count). The molecule has 0 radical (unpaired) electrons. The lowest BCUT2D eigenvalue weighted by atomic mass is 10.2. The van der Waals surface area contributed by atoms with Crippen LogP contribution in [0.25, 0.3) is 0 Å². The Hall–Kier alpha value is -0.710. The Bertz CT molecular complexity index is 467. The predicted molar refractivity (Wildman–Crippen MR) is 87.3 cm³/mol. The van der Waals surface area contributed by atoms with Crippen molar-refractivity contribution < 1.29 is 0 Å². The van der Waals surface area contributed by atoms with Crippen LogP contribution in [0.5, 0.6) is 0 Å². The summed E-state index contributed by atoms with van der Waals surface area (Å²) in [6, 6.07) is 2.16. The SMILES string of the molecule is CCNc1nc(N2CCCN(C)CC2C)c(Cl)cc1Cl. The van der Waals surface area contributed by atoms with E-state index in [0.29, 0.717) is 21.9 Å². The molecule has 1 aromatic rings. The molecule has 20 heavy (non-hydrogen) atoms. The normalized spacial score (nSPS) is 20.9. The molecule has 0 bridgehead atoms. The van der Waals surface area contributed by atoms with Gasteiger partial charge < -0.3 is 15.1 Å². The predicted octanol–water partition coefficient (Wildman–Crippen LogP) is 3.35. The molecule has 1 aliphatic heterocycles. The number of aromatic nitrogens is 1. The molecule has 1 unspecified atom stereocenters. The van der Waals surface area contributed by atoms with Crippen LogP contribution in [0.15, 0.2) is 6.07 Å². The number of hydrogen-bond acceptors (Lipinski definition) is 4. The van der Waals surface area contributed by atoms with Crippen molar-refractivity contribution in [3.63, 3.8) is 0 Å². The number of halogens is 2. The standard InChI is InChI=1S/C14H22Cl2N4/c1-4-17-13-11(15)8-12(16)14(18-13)20-7-5-6-19(3)9-10(20)2/h8,10H,4-7,9H2,1-3H3,(H,17,18). The van der Waals surface area contributed by atoms with E-state index in [1.165, 1.54) is 0 Å². The lowest BCUT2D eigenvalue weighted by molar-refractivity contribution is 0.337. The van der Waals surface area contributed by atoms with Gasteiger partial charge in [0.25, 0.3) is 0 Å². The van der Waals surface area contributed by atoms with Crippen LogP contribution in [0.3, 0.4) is 0 Å². The van der Waals surface area contributed by atoms with Crippen LogP contribution in [0, 0.1) is 0 Å². The van der Waals surface area contributed by atoms with Gasteiger partial charge in [-0.3, -0.25) is 0 Å². The Labute approximate surface area is 131 Å². The summed E-state index contributed by atoms with van der Waals surface area (Å²) in [5.41, 5.74) is 0. The zero-order chi connectivity index (χ0) is 14.7. The van der Waals surface area contributed by atoms with E-state index < -0.39 is 0 Å². The van der Waals surface area contributed by atoms with E-state index in [2.05, 4.69) is 34.1 Å². The first kappa shape index (κ1) is 15.7. The van der Waals surface area contributed by atoms with Gasteiger partial charge in [0.05, 0.1) is 10.0 Å². The van der Waals surface area contributed by atoms with Crippen molar-refractivity contribution in [2.75, 3.05) is 43.4 Å². The Morgan fingerprint density at radius 2 is 2.10 bits per heavy atom. The largest absolute Gasteiger partial charge is 0.369 e. The summed E-state index contributed by atoms with van der Waals surface area (Å²) in [7, 11) is 2.15. The Kier molecular flexibility index (Phi) is 5.35. The molecule has 0 spiro atoms. The third-order valence-electron chi connectivity index (χ3n) is 3.57. The summed E-state index contributed by atoms with van der Waals surface area (Å²) in [5.74, 6) is 1.54. The van der Waals surface area contributed by atoms with Crippen LogP contribution >= 0.6 is 23.2 Å². The highest BCUT2D eigenvalue weighted by Gasteiger charge is 2.23. The zero-order valence-electron chi connectivity index (χ0n) is 12.3. The van der Waals surface area contributed by atoms with Gasteiger partial charge in [-0.1, -0.05) is 23.2 Å². The topological polar surface area (TPSA) is 31.4 Å². The molecule has 0 amide bonds. The quantitative estimate of drug-likeness (QED) is 0.926. The molecule has 6 heteroatoms. The van der Waals surface area contributed by atoms with Crippen LogP contribution in [0.4, 0.5) is 11.6 Å². The second-order valence-corrected chi connectivity index (χ2v) is 6.13. The highest BCUT2D eigenvalue weighted by Crippen LogP contribution is 2.33. The molecule has 0 aromatic carbocycles. The molecule has 1 aromatic heterocycles. The number of nitrogens with one attached hydrogen (secondary N) is 1. The molecule has 2 heterocycles. The summed E-state index contributed by atoms with van der Waals surface area (Å²) in [4.78, 5) is 9.26. The lowest BCUT2D eigenvalue weighted by Crippen LogP contribution is -2.38. The van der Waals surface area contributed by atoms with Crippen molar-refractivity contribution in [3.8, 4) is 0 Å². The van der Waals surface area contributed by atoms with Gasteiger partial charge in [0.2, 0.25) is 0 Å². The minimum Gasteiger partial charge on any atom is -0.369 e. The Morgan fingerprint density at radius 1 is 1.35 bits per heavy atom. The van der Waals surface area contributed by atoms with E-state index in [9.17, 15) is 0 Å². The fourth-order valence-corrected chi connectivity index (χ4v) is 3.17. The van der Waals surface area contributed by atoms with Gasteiger partial charge in [0, 0.05) is 25.7 Å². The van der Waals surface area contributed by atoms with Crippen LogP contribution < -0.4 is 10.2 Å². The summed E-state index contributed by atoms with van der Waals surface area (Å²) in [6.45, 7) is 8.10. The maximum atomic E-state index is 6.36. The first-order valence-electron chi connectivity index (χ1n) is 7.08. The molecule has 1 saturated heterocycles. The molecule has 0 aliphatic carbocycles. The smallest absolute Gasteiger partial charge is 0.150 e. The molecule has 1 fully saturated rings. The van der Waals surface area contributed by atoms with Gasteiger partial charge >= 0.3 is 0 Å². The van der Waals surface area contributed by atoms with Crippen molar-refractivity contribution >= 4 is 34.8 Å². The monoisotopic (exact) mass is 316 g/mol. The molecule has 4 nitrogen and oxygen atoms in total. The molecular weight excluding hydrogens is 295 g/mol. The number of likely N-dealkylation sites (N-methyl/N-ethyl adjacent to an activating group) is 1. The third kappa shape index (κ3) is 3.48. The molecular formula is C14H22Cl2N4. The first-order valence-corrected chi connectivity index (χ1v) is 7.83. The van der Waals surface area contributed by atoms with Gasteiger partial charge in [-0.25, -0.2) is 4.98 Å². The number of anilines is 2. The number of rotatable bonds is 3. The minimum absolute atomic E-state index is 0.378. The van der Waals surface area contributed by atoms with Crippen LogP contribution in [-0.4, -0.2) is 49.2 Å². The summed E-state index contributed by atoms with van der Waals surface area (Å²) in [5, 5.41) is 4.37. The average molecular weight is 317 g/mol. The Balaban J connectivity index is 2.32. The van der Waals surface area contributed by atoms with Crippen LogP contribution in [-0.2, 0) is 0 Å². The second kappa shape index (κ2) is 6.83. The average Bonchev–Trinajstić information content (AvgIpc) is 2.54. The molecule has 1 N–H and O–H groups in total. The van der Waals surface area contributed by atoms with Crippen molar-refractivity contribution in [2.24, 2.45) is 0 Å². The third-order valence-corrected chi connectivity index (χ3v) is 4.14. The summed E-state index contributed by atoms with van der Waals surface area (Å²) in [6.07, 6.45) is 1.11. The van der Waals surface area contributed by atoms with Gasteiger partial charge in [-0.05, 0) is 39.9 Å². The van der Waals surface area contributed by atoms with E-state index in [0.717, 1.165) is 38.4 Å². The first-order chi connectivity index (χ1) is 9.52. The van der Waals surface area contributed by atoms with Crippen LogP contribution in [0.1, 0.15) is 20.3 Å². The van der Waals surface area contributed by atoms with Crippen molar-refractivity contribution in [3.05, 3.63) is 16.1 Å². The van der Waals surface area contributed by atoms with Gasteiger partial charge in [0.15, 0.2) is 0 Å². The molecule has 1 aliphatic rings. The molecule has 0 saturated carbocycles. The second-order valence-electron chi connectivity index (χ2n) is 5.31. The van der Waals surface area contributed by atoms with E-state index in [-0.39, 0.29) is 0 Å². The van der Waals surface area contributed by atoms with E-state index in [4.69, 9.17) is 23.2 Å². The zero-order valence-corrected chi connectivity index (χ0v) is 13.8. The summed E-state index contributed by atoms with van der Waals surface area (Å²) >= 11 is 12.5. The van der Waals surface area contributed by atoms with Gasteiger partial charge in [-0.15, -0.1) is 0 Å². The fourth-order valence-electron chi connectivity index (χ4n) is 2.64. The Morgan fingerprint density at radius 3 is 2.80 bits per heavy atom. The number of pyridine rings is 1. The van der Waals surface area contributed by atoms with Gasteiger partial charge in [0.1, 0.15) is 11.6 Å². The maximum Gasteiger partial charge on any atom is 0.150 e. The summed E-state index contributed by atoms with van der Waals surface area (Å²) < 4.78 is 0. The van der Waals surface area contributed by atoms with Gasteiger partial charge in [-0.2, -0.15) is 0 Å². The fraction of sp³-hybridized carbons (Fsp3) is 0.643. The number of nitrogens with zero attached hydrogens (tertiary/aromatic N) is 3. The highest BCUT2D eigenvalue weighted by atomic mass is 35.5. The maximum absolute atomic E-state index is 6.36. The van der Waals surface area contributed by atoms with E-state index in [1.54, 1.807) is 6.07 Å². The minimum atomic E-state index is 0.378. The lowest BCUT2D eigenvalue weighted by Gasteiger charge is -2.30.